The van der Waals surface area contributed by atoms with Crippen LogP contribution >= 0.6 is 0 Å². The van der Waals surface area contributed by atoms with E-state index in [9.17, 15) is 9.59 Å². The smallest absolute Gasteiger partial charge is 0.338 e. The lowest BCUT2D eigenvalue weighted by Crippen LogP contribution is -2.41. The summed E-state index contributed by atoms with van der Waals surface area (Å²) in [5.74, 6) is -0.937. The van der Waals surface area contributed by atoms with E-state index >= 15 is 0 Å². The van der Waals surface area contributed by atoms with E-state index in [4.69, 9.17) is 5.11 Å². The zero-order chi connectivity index (χ0) is 14.7. The van der Waals surface area contributed by atoms with Gasteiger partial charge < -0.3 is 10.0 Å². The predicted octanol–water partition coefficient (Wildman–Crippen LogP) is 1.71. The van der Waals surface area contributed by atoms with E-state index in [0.29, 0.717) is 6.54 Å². The first-order chi connectivity index (χ1) is 9.52. The molecule has 1 fully saturated rings. The van der Waals surface area contributed by atoms with Gasteiger partial charge in [0.2, 0.25) is 5.91 Å². The maximum atomic E-state index is 12.2. The van der Waals surface area contributed by atoms with E-state index in [2.05, 4.69) is 5.10 Å². The number of aromatic carboxylic acids is 1. The van der Waals surface area contributed by atoms with Gasteiger partial charge in [0.15, 0.2) is 0 Å². The first-order valence-electron chi connectivity index (χ1n) is 6.72. The average Bonchev–Trinajstić information content (AvgIpc) is 2.96. The molecule has 0 radical (unpaired) electrons. The molecular formula is C14H19N3O3. The Kier molecular flexibility index (Phi) is 4.22. The molecule has 0 spiro atoms. The molecule has 1 N–H and O–H groups in total. The quantitative estimate of drug-likeness (QED) is 0.853. The molecule has 1 saturated heterocycles. The number of aromatic nitrogens is 2. The van der Waals surface area contributed by atoms with E-state index in [1.165, 1.54) is 12.4 Å². The summed E-state index contributed by atoms with van der Waals surface area (Å²) in [6.45, 7) is 4.97. The molecule has 2 rings (SSSR count). The van der Waals surface area contributed by atoms with Crippen molar-refractivity contribution in [2.24, 2.45) is 0 Å². The molecule has 1 amide bonds. The van der Waals surface area contributed by atoms with Crippen LogP contribution in [0.15, 0.2) is 24.0 Å². The summed E-state index contributed by atoms with van der Waals surface area (Å²) >= 11 is 0. The molecule has 6 nitrogen and oxygen atoms in total. The molecule has 1 aromatic rings. The number of rotatable bonds is 3. The maximum Gasteiger partial charge on any atom is 0.338 e. The Labute approximate surface area is 117 Å². The van der Waals surface area contributed by atoms with Crippen molar-refractivity contribution in [2.75, 3.05) is 13.1 Å². The van der Waals surface area contributed by atoms with Crippen molar-refractivity contribution in [2.45, 2.75) is 32.7 Å². The summed E-state index contributed by atoms with van der Waals surface area (Å²) in [6.07, 6.45) is 6.49. The largest absolute Gasteiger partial charge is 0.478 e. The van der Waals surface area contributed by atoms with E-state index in [-0.39, 0.29) is 17.5 Å². The van der Waals surface area contributed by atoms with Crippen LogP contribution in [-0.4, -0.2) is 44.8 Å². The second-order valence-corrected chi connectivity index (χ2v) is 5.03. The fraction of sp³-hybridized carbons (Fsp3) is 0.500. The Hall–Kier alpha value is -2.11. The number of hydrogen-bond donors (Lipinski definition) is 1. The Morgan fingerprint density at radius 1 is 1.50 bits per heavy atom. The third-order valence-electron chi connectivity index (χ3n) is 3.68. The van der Waals surface area contributed by atoms with Crippen LogP contribution < -0.4 is 0 Å². The number of carboxylic acids is 1. The minimum Gasteiger partial charge on any atom is -0.478 e. The van der Waals surface area contributed by atoms with Gasteiger partial charge in [-0.15, -0.1) is 0 Å². The van der Waals surface area contributed by atoms with Crippen LogP contribution in [0, 0.1) is 0 Å². The Bertz CT molecular complexity index is 548. The SMILES string of the molecule is CC=C(C)C(=O)N1CCCC(n2cc(C(=O)O)cn2)C1. The number of amides is 1. The molecule has 0 aliphatic carbocycles. The maximum absolute atomic E-state index is 12.2. The Balaban J connectivity index is 2.10. The summed E-state index contributed by atoms with van der Waals surface area (Å²) < 4.78 is 1.66. The van der Waals surface area contributed by atoms with Crippen molar-refractivity contribution >= 4 is 11.9 Å². The van der Waals surface area contributed by atoms with Gasteiger partial charge in [0.05, 0.1) is 17.8 Å². The molecule has 20 heavy (non-hydrogen) atoms. The molecule has 0 saturated carbocycles. The van der Waals surface area contributed by atoms with Gasteiger partial charge in [0, 0.05) is 24.9 Å². The number of carboxylic acid groups (broad SMARTS) is 1. The van der Waals surface area contributed by atoms with Gasteiger partial charge in [-0.3, -0.25) is 9.48 Å². The Morgan fingerprint density at radius 2 is 2.25 bits per heavy atom. The number of allylic oxidation sites excluding steroid dienone is 1. The molecule has 0 bridgehead atoms. The van der Waals surface area contributed by atoms with Crippen molar-refractivity contribution in [1.82, 2.24) is 14.7 Å². The van der Waals surface area contributed by atoms with Crippen LogP contribution in [0.3, 0.4) is 0 Å². The lowest BCUT2D eigenvalue weighted by Gasteiger charge is -2.33. The minimum absolute atomic E-state index is 0.0443. The molecule has 1 atom stereocenters. The first-order valence-corrected chi connectivity index (χ1v) is 6.72. The standard InChI is InChI=1S/C14H19N3O3/c1-3-10(2)13(18)16-6-4-5-12(9-16)17-8-11(7-15-17)14(19)20/h3,7-8,12H,4-6,9H2,1-2H3,(H,19,20). The summed E-state index contributed by atoms with van der Waals surface area (Å²) in [7, 11) is 0. The monoisotopic (exact) mass is 277 g/mol. The highest BCUT2D eigenvalue weighted by molar-refractivity contribution is 5.92. The molecule has 1 aromatic heterocycles. The van der Waals surface area contributed by atoms with Gasteiger partial charge in [-0.25, -0.2) is 4.79 Å². The van der Waals surface area contributed by atoms with Gasteiger partial charge in [0.25, 0.3) is 0 Å². The number of likely N-dealkylation sites (tertiary alicyclic amines) is 1. The van der Waals surface area contributed by atoms with Crippen molar-refractivity contribution in [3.63, 3.8) is 0 Å². The predicted molar refractivity (Wildman–Crippen MR) is 73.5 cm³/mol. The molecule has 1 unspecified atom stereocenters. The highest BCUT2D eigenvalue weighted by Gasteiger charge is 2.26. The van der Waals surface area contributed by atoms with Crippen molar-refractivity contribution in [1.29, 1.82) is 0 Å². The molecule has 2 heterocycles. The van der Waals surface area contributed by atoms with E-state index in [1.54, 1.807) is 4.68 Å². The first kappa shape index (κ1) is 14.3. The van der Waals surface area contributed by atoms with Gasteiger partial charge in [0.1, 0.15) is 0 Å². The van der Waals surface area contributed by atoms with E-state index in [0.717, 1.165) is 25.0 Å². The summed E-state index contributed by atoms with van der Waals surface area (Å²) in [5.41, 5.74) is 0.912. The Morgan fingerprint density at radius 3 is 2.85 bits per heavy atom. The van der Waals surface area contributed by atoms with E-state index < -0.39 is 5.97 Å². The summed E-state index contributed by atoms with van der Waals surface area (Å²) in [6, 6.07) is 0.0467. The number of nitrogens with zero attached hydrogens (tertiary/aromatic N) is 3. The minimum atomic E-state index is -0.982. The fourth-order valence-electron chi connectivity index (χ4n) is 2.38. The molecule has 0 aromatic carbocycles. The van der Waals surface area contributed by atoms with Crippen LogP contribution in [0.2, 0.25) is 0 Å². The lowest BCUT2D eigenvalue weighted by molar-refractivity contribution is -0.128. The summed E-state index contributed by atoms with van der Waals surface area (Å²) in [4.78, 5) is 24.8. The van der Waals surface area contributed by atoms with Crippen LogP contribution in [-0.2, 0) is 4.79 Å². The third kappa shape index (κ3) is 2.89. The van der Waals surface area contributed by atoms with Crippen molar-refractivity contribution in [3.05, 3.63) is 29.6 Å². The second-order valence-electron chi connectivity index (χ2n) is 5.03. The van der Waals surface area contributed by atoms with Crippen LogP contribution in [0.4, 0.5) is 0 Å². The van der Waals surface area contributed by atoms with Gasteiger partial charge >= 0.3 is 5.97 Å². The molecule has 1 aliphatic heterocycles. The molecule has 1 aliphatic rings. The number of piperidine rings is 1. The zero-order valence-electron chi connectivity index (χ0n) is 11.7. The van der Waals surface area contributed by atoms with Crippen molar-refractivity contribution in [3.8, 4) is 0 Å². The van der Waals surface area contributed by atoms with Crippen LogP contribution in [0.1, 0.15) is 43.1 Å². The topological polar surface area (TPSA) is 75.4 Å². The molecule has 108 valence electrons. The van der Waals surface area contributed by atoms with E-state index in [1.807, 2.05) is 24.8 Å². The lowest BCUT2D eigenvalue weighted by atomic mass is 10.0. The normalized spacial score (nSPS) is 20.0. The van der Waals surface area contributed by atoms with Crippen LogP contribution in [0.25, 0.3) is 0 Å². The second kappa shape index (κ2) is 5.90. The number of hydrogen-bond acceptors (Lipinski definition) is 3. The number of carbonyl (C=O) groups is 2. The molecule has 6 heteroatoms. The van der Waals surface area contributed by atoms with Gasteiger partial charge in [-0.1, -0.05) is 6.08 Å². The highest BCUT2D eigenvalue weighted by atomic mass is 16.4. The number of carbonyl (C=O) groups excluding carboxylic acids is 1. The fourth-order valence-corrected chi connectivity index (χ4v) is 2.38. The zero-order valence-corrected chi connectivity index (χ0v) is 11.7. The highest BCUT2D eigenvalue weighted by Crippen LogP contribution is 2.22. The molecular weight excluding hydrogens is 258 g/mol. The van der Waals surface area contributed by atoms with Crippen molar-refractivity contribution < 1.29 is 14.7 Å². The van der Waals surface area contributed by atoms with Gasteiger partial charge in [-0.05, 0) is 26.7 Å². The van der Waals surface area contributed by atoms with Gasteiger partial charge in [-0.2, -0.15) is 5.10 Å². The summed E-state index contributed by atoms with van der Waals surface area (Å²) in [5, 5.41) is 13.0. The third-order valence-corrected chi connectivity index (χ3v) is 3.68. The van der Waals surface area contributed by atoms with Crippen LogP contribution in [0.5, 0.6) is 0 Å². The average molecular weight is 277 g/mol.